The number of likely N-dealkylation sites (tertiary alicyclic amines) is 1. The second-order valence-corrected chi connectivity index (χ2v) is 6.53. The van der Waals surface area contributed by atoms with Crippen molar-refractivity contribution in [3.63, 3.8) is 0 Å². The Morgan fingerprint density at radius 3 is 3.09 bits per heavy atom. The molecule has 1 spiro atoms. The molecule has 23 heavy (non-hydrogen) atoms. The van der Waals surface area contributed by atoms with Gasteiger partial charge in [0, 0.05) is 25.9 Å². The zero-order chi connectivity index (χ0) is 16.3. The Balaban J connectivity index is 1.59. The fraction of sp³-hybridized carbons (Fsp3) is 0.556. The predicted octanol–water partition coefficient (Wildman–Crippen LogP) is 2.22. The van der Waals surface area contributed by atoms with Gasteiger partial charge in [0.05, 0.1) is 24.7 Å². The van der Waals surface area contributed by atoms with E-state index in [1.165, 1.54) is 0 Å². The molecule has 1 aromatic rings. The van der Waals surface area contributed by atoms with Gasteiger partial charge in [0.25, 0.3) is 5.91 Å². The number of nitrogens with zero attached hydrogens (tertiary/aromatic N) is 2. The molecule has 2 aliphatic heterocycles. The first-order chi connectivity index (χ1) is 11.2. The van der Waals surface area contributed by atoms with Gasteiger partial charge >= 0.3 is 0 Å². The highest BCUT2D eigenvalue weighted by Gasteiger charge is 2.49. The van der Waals surface area contributed by atoms with Crippen LogP contribution < -0.4 is 0 Å². The summed E-state index contributed by atoms with van der Waals surface area (Å²) in [4.78, 5) is 14.3. The van der Waals surface area contributed by atoms with Gasteiger partial charge in [-0.05, 0) is 43.4 Å². The fourth-order valence-corrected chi connectivity index (χ4v) is 3.58. The van der Waals surface area contributed by atoms with E-state index in [-0.39, 0.29) is 11.5 Å². The monoisotopic (exact) mass is 314 g/mol. The molecule has 1 amide bonds. The molecule has 0 aliphatic carbocycles. The molecule has 2 fully saturated rings. The summed E-state index contributed by atoms with van der Waals surface area (Å²) in [5, 5.41) is 8.95. The third kappa shape index (κ3) is 3.39. The van der Waals surface area contributed by atoms with Crippen LogP contribution in [0.1, 0.15) is 35.2 Å². The first kappa shape index (κ1) is 16.0. The number of hydrogen-bond donors (Lipinski definition) is 0. The SMILES string of the molecule is COCC[C@H]1CCOC2(C1)CN(C(=O)c1cccc(C#N)c1)C2. The van der Waals surface area contributed by atoms with E-state index < -0.39 is 0 Å². The molecular weight excluding hydrogens is 292 g/mol. The van der Waals surface area contributed by atoms with Crippen molar-refractivity contribution in [2.45, 2.75) is 24.9 Å². The van der Waals surface area contributed by atoms with Crippen LogP contribution in [0.4, 0.5) is 0 Å². The summed E-state index contributed by atoms with van der Waals surface area (Å²) in [6, 6.07) is 8.94. The molecule has 122 valence electrons. The summed E-state index contributed by atoms with van der Waals surface area (Å²) in [6.45, 7) is 2.84. The fourth-order valence-electron chi connectivity index (χ4n) is 3.58. The number of methoxy groups -OCH3 is 1. The molecule has 0 unspecified atom stereocenters. The molecule has 2 heterocycles. The van der Waals surface area contributed by atoms with Gasteiger partial charge in [-0.1, -0.05) is 6.07 Å². The maximum absolute atomic E-state index is 12.5. The van der Waals surface area contributed by atoms with Crippen LogP contribution in [0.15, 0.2) is 24.3 Å². The van der Waals surface area contributed by atoms with Gasteiger partial charge in [-0.3, -0.25) is 4.79 Å². The van der Waals surface area contributed by atoms with Gasteiger partial charge in [0.1, 0.15) is 5.60 Å². The molecule has 0 N–H and O–H groups in total. The van der Waals surface area contributed by atoms with Gasteiger partial charge in [-0.15, -0.1) is 0 Å². The van der Waals surface area contributed by atoms with Crippen LogP contribution in [0.2, 0.25) is 0 Å². The Hall–Kier alpha value is -1.90. The quantitative estimate of drug-likeness (QED) is 0.855. The maximum Gasteiger partial charge on any atom is 0.254 e. The summed E-state index contributed by atoms with van der Waals surface area (Å²) in [5.74, 6) is 0.596. The number of ether oxygens (including phenoxy) is 2. The number of benzene rings is 1. The van der Waals surface area contributed by atoms with Crippen LogP contribution in [-0.4, -0.2) is 49.8 Å². The van der Waals surface area contributed by atoms with Crippen LogP contribution >= 0.6 is 0 Å². The minimum absolute atomic E-state index is 0.0182. The van der Waals surface area contributed by atoms with Gasteiger partial charge in [-0.2, -0.15) is 5.26 Å². The second-order valence-electron chi connectivity index (χ2n) is 6.53. The maximum atomic E-state index is 12.5. The zero-order valence-corrected chi connectivity index (χ0v) is 13.5. The lowest BCUT2D eigenvalue weighted by atomic mass is 9.79. The first-order valence-corrected chi connectivity index (χ1v) is 8.08. The molecule has 0 radical (unpaired) electrons. The topological polar surface area (TPSA) is 62.6 Å². The number of carbonyl (C=O) groups excluding carboxylic acids is 1. The molecule has 1 atom stereocenters. The minimum atomic E-state index is -0.168. The van der Waals surface area contributed by atoms with Crippen molar-refractivity contribution in [2.75, 3.05) is 33.4 Å². The molecular formula is C18H22N2O3. The summed E-state index contributed by atoms with van der Waals surface area (Å²) in [6.07, 6.45) is 3.13. The Morgan fingerprint density at radius 2 is 2.35 bits per heavy atom. The van der Waals surface area contributed by atoms with Crippen molar-refractivity contribution in [1.29, 1.82) is 5.26 Å². The number of hydrogen-bond acceptors (Lipinski definition) is 4. The highest BCUT2D eigenvalue weighted by Crippen LogP contribution is 2.38. The molecule has 0 bridgehead atoms. The second kappa shape index (κ2) is 6.69. The van der Waals surface area contributed by atoms with E-state index in [1.54, 1.807) is 31.4 Å². The molecule has 2 aliphatic rings. The first-order valence-electron chi connectivity index (χ1n) is 8.08. The van der Waals surface area contributed by atoms with E-state index in [9.17, 15) is 4.79 Å². The summed E-state index contributed by atoms with van der Waals surface area (Å²) >= 11 is 0. The summed E-state index contributed by atoms with van der Waals surface area (Å²) in [5.41, 5.74) is 0.921. The van der Waals surface area contributed by atoms with Gasteiger partial charge in [0.15, 0.2) is 0 Å². The van der Waals surface area contributed by atoms with Crippen molar-refractivity contribution in [2.24, 2.45) is 5.92 Å². The Morgan fingerprint density at radius 1 is 1.52 bits per heavy atom. The lowest BCUT2D eigenvalue weighted by Crippen LogP contribution is -2.66. The van der Waals surface area contributed by atoms with Crippen LogP contribution in [0.5, 0.6) is 0 Å². The number of carbonyl (C=O) groups is 1. The van der Waals surface area contributed by atoms with E-state index in [0.29, 0.717) is 30.1 Å². The molecule has 1 aromatic carbocycles. The molecule has 3 rings (SSSR count). The number of rotatable bonds is 4. The Bertz CT molecular complexity index is 617. The lowest BCUT2D eigenvalue weighted by molar-refractivity contribution is -0.167. The Labute approximate surface area is 136 Å². The Kier molecular flexibility index (Phi) is 4.65. The van der Waals surface area contributed by atoms with Crippen LogP contribution in [-0.2, 0) is 9.47 Å². The van der Waals surface area contributed by atoms with Crippen LogP contribution in [0.3, 0.4) is 0 Å². The lowest BCUT2D eigenvalue weighted by Gasteiger charge is -2.53. The standard InChI is InChI=1S/C18H22N2O3/c1-22-7-5-14-6-8-23-18(10-14)12-20(13-18)17(21)16-4-2-3-15(9-16)11-19/h2-4,9,14H,5-8,10,12-13H2,1H3/t14-/m0/s1. The van der Waals surface area contributed by atoms with Gasteiger partial charge in [-0.25, -0.2) is 0 Å². The number of amides is 1. The molecule has 5 nitrogen and oxygen atoms in total. The zero-order valence-electron chi connectivity index (χ0n) is 13.5. The summed E-state index contributed by atoms with van der Waals surface area (Å²) in [7, 11) is 1.73. The van der Waals surface area contributed by atoms with E-state index in [2.05, 4.69) is 6.07 Å². The number of nitriles is 1. The highest BCUT2D eigenvalue weighted by atomic mass is 16.5. The molecule has 0 saturated carbocycles. The van der Waals surface area contributed by atoms with E-state index >= 15 is 0 Å². The minimum Gasteiger partial charge on any atom is -0.385 e. The molecule has 0 aromatic heterocycles. The third-order valence-electron chi connectivity index (χ3n) is 4.81. The largest absolute Gasteiger partial charge is 0.385 e. The smallest absolute Gasteiger partial charge is 0.254 e. The average Bonchev–Trinajstić information content (AvgIpc) is 2.57. The van der Waals surface area contributed by atoms with E-state index in [4.69, 9.17) is 14.7 Å². The van der Waals surface area contributed by atoms with Crippen molar-refractivity contribution < 1.29 is 14.3 Å². The predicted molar refractivity (Wildman–Crippen MR) is 85.0 cm³/mol. The third-order valence-corrected chi connectivity index (χ3v) is 4.81. The van der Waals surface area contributed by atoms with Gasteiger partial charge in [0.2, 0.25) is 0 Å². The van der Waals surface area contributed by atoms with Crippen molar-refractivity contribution in [3.05, 3.63) is 35.4 Å². The highest BCUT2D eigenvalue weighted by molar-refractivity contribution is 5.95. The van der Waals surface area contributed by atoms with E-state index in [0.717, 1.165) is 32.5 Å². The molecule has 5 heteroatoms. The average molecular weight is 314 g/mol. The van der Waals surface area contributed by atoms with Crippen molar-refractivity contribution >= 4 is 5.91 Å². The van der Waals surface area contributed by atoms with Crippen molar-refractivity contribution in [1.82, 2.24) is 4.90 Å². The van der Waals surface area contributed by atoms with Gasteiger partial charge < -0.3 is 14.4 Å². The van der Waals surface area contributed by atoms with Crippen LogP contribution in [0, 0.1) is 17.2 Å². The van der Waals surface area contributed by atoms with E-state index in [1.807, 2.05) is 4.90 Å². The van der Waals surface area contributed by atoms with Crippen molar-refractivity contribution in [3.8, 4) is 6.07 Å². The summed E-state index contributed by atoms with van der Waals surface area (Å²) < 4.78 is 11.2. The molecule has 2 saturated heterocycles. The van der Waals surface area contributed by atoms with Crippen LogP contribution in [0.25, 0.3) is 0 Å². The normalized spacial score (nSPS) is 22.4.